The van der Waals surface area contributed by atoms with Crippen LogP contribution in [0, 0.1) is 0 Å². The van der Waals surface area contributed by atoms with Gasteiger partial charge in [-0.15, -0.1) is 0 Å². The number of hydrogen-bond acceptors (Lipinski definition) is 3. The third-order valence-electron chi connectivity index (χ3n) is 3.36. The molecule has 2 rings (SSSR count). The molecule has 0 radical (unpaired) electrons. The van der Waals surface area contributed by atoms with Crippen LogP contribution in [0.1, 0.15) is 31.6 Å². The number of halogens is 1. The van der Waals surface area contributed by atoms with Crippen LogP contribution in [0.25, 0.3) is 11.0 Å². The average molecular weight is 282 g/mol. The number of benzene rings is 1. The fraction of sp³-hybridized carbons (Fsp3) is 0.467. The zero-order valence-corrected chi connectivity index (χ0v) is 12.3. The van der Waals surface area contributed by atoms with Crippen molar-refractivity contribution in [3.8, 4) is 0 Å². The van der Waals surface area contributed by atoms with E-state index in [1.54, 1.807) is 7.11 Å². The van der Waals surface area contributed by atoms with Crippen LogP contribution in [-0.4, -0.2) is 20.3 Å². The molecule has 0 saturated heterocycles. The molecule has 104 valence electrons. The van der Waals surface area contributed by atoms with Gasteiger partial charge in [-0.1, -0.05) is 24.9 Å². The maximum Gasteiger partial charge on any atom is 0.134 e. The van der Waals surface area contributed by atoms with Gasteiger partial charge in [0, 0.05) is 17.5 Å². The first kappa shape index (κ1) is 14.4. The van der Waals surface area contributed by atoms with Crippen molar-refractivity contribution in [1.29, 1.82) is 0 Å². The lowest BCUT2D eigenvalue weighted by Gasteiger charge is -2.23. The van der Waals surface area contributed by atoms with E-state index in [1.807, 2.05) is 31.3 Å². The maximum absolute atomic E-state index is 6.00. The van der Waals surface area contributed by atoms with Crippen LogP contribution in [0.4, 0.5) is 0 Å². The van der Waals surface area contributed by atoms with Gasteiger partial charge in [-0.25, -0.2) is 0 Å². The van der Waals surface area contributed by atoms with Gasteiger partial charge in [0.1, 0.15) is 11.3 Å². The average Bonchev–Trinajstić information content (AvgIpc) is 2.81. The second-order valence-corrected chi connectivity index (χ2v) is 5.10. The van der Waals surface area contributed by atoms with Crippen molar-refractivity contribution >= 4 is 22.6 Å². The van der Waals surface area contributed by atoms with Gasteiger partial charge in [-0.2, -0.15) is 0 Å². The number of rotatable bonds is 6. The first-order valence-electron chi connectivity index (χ1n) is 6.58. The molecule has 2 aromatic rings. The number of hydrogen-bond donors (Lipinski definition) is 1. The lowest BCUT2D eigenvalue weighted by molar-refractivity contribution is 0.0568. The highest BCUT2D eigenvalue weighted by Gasteiger charge is 2.24. The summed E-state index contributed by atoms with van der Waals surface area (Å²) in [7, 11) is 3.66. The summed E-state index contributed by atoms with van der Waals surface area (Å²) in [6, 6.07) is 7.74. The van der Waals surface area contributed by atoms with E-state index in [-0.39, 0.29) is 12.1 Å². The highest BCUT2D eigenvalue weighted by atomic mass is 35.5. The molecule has 2 unspecified atom stereocenters. The summed E-state index contributed by atoms with van der Waals surface area (Å²) in [5, 5.41) is 5.02. The molecule has 0 bridgehead atoms. The Hall–Kier alpha value is -1.03. The summed E-state index contributed by atoms with van der Waals surface area (Å²) < 4.78 is 11.5. The van der Waals surface area contributed by atoms with Gasteiger partial charge < -0.3 is 14.5 Å². The molecule has 2 atom stereocenters. The molecule has 0 spiro atoms. The van der Waals surface area contributed by atoms with E-state index in [2.05, 4.69) is 12.2 Å². The smallest absolute Gasteiger partial charge is 0.134 e. The first-order valence-corrected chi connectivity index (χ1v) is 6.96. The van der Waals surface area contributed by atoms with Gasteiger partial charge in [0.2, 0.25) is 0 Å². The number of likely N-dealkylation sites (N-methyl/N-ethyl adjacent to an activating group) is 1. The predicted octanol–water partition coefficient (Wildman–Crippen LogP) is 4.16. The molecule has 4 heteroatoms. The molecule has 0 aliphatic heterocycles. The van der Waals surface area contributed by atoms with Gasteiger partial charge in [0.15, 0.2) is 0 Å². The van der Waals surface area contributed by atoms with Crippen LogP contribution in [0.5, 0.6) is 0 Å². The zero-order chi connectivity index (χ0) is 13.8. The largest absolute Gasteiger partial charge is 0.459 e. The number of fused-ring (bicyclic) bond motifs is 1. The summed E-state index contributed by atoms with van der Waals surface area (Å²) in [5.41, 5.74) is 0.853. The number of nitrogens with one attached hydrogen (secondary N) is 1. The van der Waals surface area contributed by atoms with E-state index in [1.165, 1.54) is 0 Å². The quantitative estimate of drug-likeness (QED) is 0.863. The molecule has 19 heavy (non-hydrogen) atoms. The monoisotopic (exact) mass is 281 g/mol. The molecule has 1 aromatic carbocycles. The molecule has 0 saturated carbocycles. The Morgan fingerprint density at radius 2 is 2.16 bits per heavy atom. The van der Waals surface area contributed by atoms with E-state index < -0.39 is 0 Å². The van der Waals surface area contributed by atoms with E-state index in [9.17, 15) is 0 Å². The Morgan fingerprint density at radius 3 is 2.79 bits per heavy atom. The predicted molar refractivity (Wildman–Crippen MR) is 78.7 cm³/mol. The van der Waals surface area contributed by atoms with Crippen LogP contribution in [-0.2, 0) is 4.74 Å². The van der Waals surface area contributed by atoms with Crippen LogP contribution in [0.15, 0.2) is 28.7 Å². The van der Waals surface area contributed by atoms with Crippen molar-refractivity contribution in [1.82, 2.24) is 5.32 Å². The molecular weight excluding hydrogens is 262 g/mol. The molecule has 0 aliphatic rings. The van der Waals surface area contributed by atoms with Crippen LogP contribution < -0.4 is 5.32 Å². The van der Waals surface area contributed by atoms with Gasteiger partial charge >= 0.3 is 0 Å². The molecule has 0 aliphatic carbocycles. The molecule has 1 heterocycles. The molecule has 0 fully saturated rings. The SMILES string of the molecule is CCCC(OC)C(NC)c1cc2cc(Cl)ccc2o1. The Balaban J connectivity index is 2.34. The second kappa shape index (κ2) is 6.42. The van der Waals surface area contributed by atoms with E-state index in [0.717, 1.165) is 34.6 Å². The number of furan rings is 1. The topological polar surface area (TPSA) is 34.4 Å². The summed E-state index contributed by atoms with van der Waals surface area (Å²) >= 11 is 6.00. The summed E-state index contributed by atoms with van der Waals surface area (Å²) in [6.07, 6.45) is 2.16. The molecule has 1 N–H and O–H groups in total. The van der Waals surface area contributed by atoms with Gasteiger partial charge in [-0.05, 0) is 37.7 Å². The second-order valence-electron chi connectivity index (χ2n) is 4.66. The molecule has 3 nitrogen and oxygen atoms in total. The van der Waals surface area contributed by atoms with Crippen molar-refractivity contribution < 1.29 is 9.15 Å². The summed E-state index contributed by atoms with van der Waals surface area (Å²) in [4.78, 5) is 0. The van der Waals surface area contributed by atoms with Gasteiger partial charge in [0.05, 0.1) is 12.1 Å². The first-order chi connectivity index (χ1) is 9.19. The van der Waals surface area contributed by atoms with Crippen molar-refractivity contribution in [2.24, 2.45) is 0 Å². The molecule has 1 aromatic heterocycles. The van der Waals surface area contributed by atoms with Crippen LogP contribution in [0.3, 0.4) is 0 Å². The number of methoxy groups -OCH3 is 1. The third-order valence-corrected chi connectivity index (χ3v) is 3.60. The van der Waals surface area contributed by atoms with Gasteiger partial charge in [-0.3, -0.25) is 0 Å². The van der Waals surface area contributed by atoms with E-state index in [0.29, 0.717) is 0 Å². The molecule has 0 amide bonds. The fourth-order valence-electron chi connectivity index (χ4n) is 2.40. The van der Waals surface area contributed by atoms with Crippen molar-refractivity contribution in [2.75, 3.05) is 14.2 Å². The third kappa shape index (κ3) is 3.11. The lowest BCUT2D eigenvalue weighted by Crippen LogP contribution is -2.30. The normalized spacial score (nSPS) is 14.7. The summed E-state index contributed by atoms with van der Waals surface area (Å²) in [6.45, 7) is 2.15. The number of ether oxygens (including phenoxy) is 1. The fourth-order valence-corrected chi connectivity index (χ4v) is 2.59. The Morgan fingerprint density at radius 1 is 1.37 bits per heavy atom. The van der Waals surface area contributed by atoms with Crippen LogP contribution >= 0.6 is 11.6 Å². The minimum absolute atomic E-state index is 0.0520. The lowest BCUT2D eigenvalue weighted by atomic mass is 10.0. The Kier molecular flexibility index (Phi) is 4.86. The van der Waals surface area contributed by atoms with E-state index in [4.69, 9.17) is 20.8 Å². The van der Waals surface area contributed by atoms with E-state index >= 15 is 0 Å². The minimum Gasteiger partial charge on any atom is -0.459 e. The highest BCUT2D eigenvalue weighted by Crippen LogP contribution is 2.29. The summed E-state index contributed by atoms with van der Waals surface area (Å²) in [5.74, 6) is 0.889. The zero-order valence-electron chi connectivity index (χ0n) is 11.6. The minimum atomic E-state index is 0.0520. The Bertz CT molecular complexity index is 538. The standard InChI is InChI=1S/C15H20ClNO2/c1-4-5-13(18-3)15(17-2)14-9-10-8-11(16)6-7-12(10)19-14/h6-9,13,15,17H,4-5H2,1-3H3. The van der Waals surface area contributed by atoms with Gasteiger partial charge in [0.25, 0.3) is 0 Å². The van der Waals surface area contributed by atoms with Crippen molar-refractivity contribution in [3.05, 3.63) is 35.0 Å². The van der Waals surface area contributed by atoms with Crippen molar-refractivity contribution in [2.45, 2.75) is 31.9 Å². The highest BCUT2D eigenvalue weighted by molar-refractivity contribution is 6.31. The molecular formula is C15H20ClNO2. The Labute approximate surface area is 118 Å². The maximum atomic E-state index is 6.00. The van der Waals surface area contributed by atoms with Crippen molar-refractivity contribution in [3.63, 3.8) is 0 Å². The van der Waals surface area contributed by atoms with Crippen LogP contribution in [0.2, 0.25) is 5.02 Å².